The van der Waals surface area contributed by atoms with Crippen LogP contribution in [0.3, 0.4) is 0 Å². The van der Waals surface area contributed by atoms with E-state index in [2.05, 4.69) is 6.07 Å². The highest BCUT2D eigenvalue weighted by molar-refractivity contribution is 5.69. The van der Waals surface area contributed by atoms with Crippen molar-refractivity contribution >= 4 is 5.97 Å². The average molecular weight is 208 g/mol. The van der Waals surface area contributed by atoms with Gasteiger partial charge in [-0.15, -0.1) is 0 Å². The largest absolute Gasteiger partial charge is 0.463 e. The third-order valence-electron chi connectivity index (χ3n) is 2.05. The lowest BCUT2D eigenvalue weighted by Gasteiger charge is -2.03. The fraction of sp³-hybridized carbons (Fsp3) is 0.417. The second-order valence-corrected chi connectivity index (χ2v) is 3.43. The van der Waals surface area contributed by atoms with Gasteiger partial charge in [-0.2, -0.15) is 0 Å². The molecule has 0 unspecified atom stereocenters. The molecule has 0 heterocycles. The molecule has 0 aliphatic rings. The lowest BCUT2D eigenvalue weighted by Crippen LogP contribution is -2.09. The fourth-order valence-corrected chi connectivity index (χ4v) is 1.35. The molecule has 3 heteroatoms. The minimum absolute atomic E-state index is 0.0899. The van der Waals surface area contributed by atoms with Gasteiger partial charge in [0.05, 0.1) is 6.61 Å². The Kier molecular flexibility index (Phi) is 4.84. The summed E-state index contributed by atoms with van der Waals surface area (Å²) in [5.41, 5.74) is 2.33. The minimum Gasteiger partial charge on any atom is -0.463 e. The second kappa shape index (κ2) is 6.19. The SMILES string of the molecule is Cc1cccc(CCC(=O)OCCO)c1. The standard InChI is InChI=1S/C12H16O3/c1-10-3-2-4-11(9-10)5-6-12(14)15-8-7-13/h2-4,9,13H,5-8H2,1H3. The Balaban J connectivity index is 2.33. The summed E-state index contributed by atoms with van der Waals surface area (Å²) in [6.07, 6.45) is 1.05. The summed E-state index contributed by atoms with van der Waals surface area (Å²) in [6, 6.07) is 8.04. The van der Waals surface area contributed by atoms with Crippen molar-refractivity contribution < 1.29 is 14.6 Å². The predicted octanol–water partition coefficient (Wildman–Crippen LogP) is 1.46. The number of carbonyl (C=O) groups is 1. The zero-order valence-corrected chi connectivity index (χ0v) is 8.90. The number of aryl methyl sites for hydroxylation is 2. The van der Waals surface area contributed by atoms with E-state index in [1.54, 1.807) is 0 Å². The molecular formula is C12H16O3. The van der Waals surface area contributed by atoms with Gasteiger partial charge in [0.2, 0.25) is 0 Å². The molecule has 0 amide bonds. The van der Waals surface area contributed by atoms with Crippen LogP contribution >= 0.6 is 0 Å². The Morgan fingerprint density at radius 3 is 2.93 bits per heavy atom. The molecule has 0 saturated carbocycles. The maximum absolute atomic E-state index is 11.1. The third-order valence-corrected chi connectivity index (χ3v) is 2.05. The van der Waals surface area contributed by atoms with Crippen LogP contribution in [-0.4, -0.2) is 24.3 Å². The van der Waals surface area contributed by atoms with Crippen LogP contribution in [0, 0.1) is 6.92 Å². The van der Waals surface area contributed by atoms with E-state index in [-0.39, 0.29) is 19.2 Å². The van der Waals surface area contributed by atoms with Crippen LogP contribution in [0.4, 0.5) is 0 Å². The van der Waals surface area contributed by atoms with Gasteiger partial charge in [-0.3, -0.25) is 4.79 Å². The zero-order chi connectivity index (χ0) is 11.1. The monoisotopic (exact) mass is 208 g/mol. The number of ether oxygens (including phenoxy) is 1. The second-order valence-electron chi connectivity index (χ2n) is 3.43. The lowest BCUT2D eigenvalue weighted by molar-refractivity contribution is -0.144. The van der Waals surface area contributed by atoms with Gasteiger partial charge in [0.15, 0.2) is 0 Å². The van der Waals surface area contributed by atoms with Crippen LogP contribution in [-0.2, 0) is 16.0 Å². The Bertz CT molecular complexity index is 320. The van der Waals surface area contributed by atoms with Crippen molar-refractivity contribution in [3.05, 3.63) is 35.4 Å². The molecule has 15 heavy (non-hydrogen) atoms. The van der Waals surface area contributed by atoms with Crippen LogP contribution in [0.15, 0.2) is 24.3 Å². The molecule has 0 fully saturated rings. The van der Waals surface area contributed by atoms with Crippen molar-refractivity contribution in [1.29, 1.82) is 0 Å². The maximum atomic E-state index is 11.1. The van der Waals surface area contributed by atoms with E-state index in [9.17, 15) is 4.79 Å². The van der Waals surface area contributed by atoms with Gasteiger partial charge in [0, 0.05) is 6.42 Å². The first kappa shape index (κ1) is 11.7. The first-order chi connectivity index (χ1) is 7.22. The number of carbonyl (C=O) groups excluding carboxylic acids is 1. The molecule has 82 valence electrons. The first-order valence-corrected chi connectivity index (χ1v) is 5.04. The van der Waals surface area contributed by atoms with Gasteiger partial charge in [-0.25, -0.2) is 0 Å². The molecule has 0 aromatic heterocycles. The fourth-order valence-electron chi connectivity index (χ4n) is 1.35. The number of aliphatic hydroxyl groups excluding tert-OH is 1. The molecule has 0 spiro atoms. The summed E-state index contributed by atoms with van der Waals surface area (Å²) in [7, 11) is 0. The van der Waals surface area contributed by atoms with Crippen LogP contribution in [0.1, 0.15) is 17.5 Å². The molecule has 1 aromatic rings. The van der Waals surface area contributed by atoms with Crippen LogP contribution in [0.5, 0.6) is 0 Å². The summed E-state index contributed by atoms with van der Waals surface area (Å²) < 4.78 is 4.75. The van der Waals surface area contributed by atoms with Crippen molar-refractivity contribution in [3.8, 4) is 0 Å². The van der Waals surface area contributed by atoms with Gasteiger partial charge in [-0.1, -0.05) is 29.8 Å². The Hall–Kier alpha value is -1.35. The molecule has 1 aromatic carbocycles. The quantitative estimate of drug-likeness (QED) is 0.745. The van der Waals surface area contributed by atoms with Crippen LogP contribution in [0.25, 0.3) is 0 Å². The number of aliphatic hydroxyl groups is 1. The zero-order valence-electron chi connectivity index (χ0n) is 8.90. The van der Waals surface area contributed by atoms with Crippen molar-refractivity contribution in [2.75, 3.05) is 13.2 Å². The first-order valence-electron chi connectivity index (χ1n) is 5.04. The molecule has 0 saturated heterocycles. The van der Waals surface area contributed by atoms with E-state index in [1.807, 2.05) is 25.1 Å². The van der Waals surface area contributed by atoms with Crippen molar-refractivity contribution in [3.63, 3.8) is 0 Å². The average Bonchev–Trinajstić information content (AvgIpc) is 2.23. The van der Waals surface area contributed by atoms with E-state index < -0.39 is 0 Å². The third kappa shape index (κ3) is 4.61. The topological polar surface area (TPSA) is 46.5 Å². The minimum atomic E-state index is -0.259. The Morgan fingerprint density at radius 1 is 1.47 bits per heavy atom. The van der Waals surface area contributed by atoms with E-state index in [0.717, 1.165) is 5.56 Å². The molecule has 0 aliphatic carbocycles. The summed E-state index contributed by atoms with van der Waals surface area (Å²) >= 11 is 0. The highest BCUT2D eigenvalue weighted by atomic mass is 16.5. The number of hydrogen-bond donors (Lipinski definition) is 1. The van der Waals surface area contributed by atoms with E-state index >= 15 is 0 Å². The molecule has 0 aliphatic heterocycles. The van der Waals surface area contributed by atoms with E-state index in [0.29, 0.717) is 12.8 Å². The molecule has 3 nitrogen and oxygen atoms in total. The molecule has 1 N–H and O–H groups in total. The molecule has 0 bridgehead atoms. The molecule has 0 atom stereocenters. The van der Waals surface area contributed by atoms with Gasteiger partial charge >= 0.3 is 5.97 Å². The van der Waals surface area contributed by atoms with Crippen molar-refractivity contribution in [1.82, 2.24) is 0 Å². The predicted molar refractivity (Wildman–Crippen MR) is 57.5 cm³/mol. The lowest BCUT2D eigenvalue weighted by atomic mass is 10.1. The number of hydrogen-bond acceptors (Lipinski definition) is 3. The summed E-state index contributed by atoms with van der Waals surface area (Å²) in [5.74, 6) is -0.259. The molecule has 1 rings (SSSR count). The van der Waals surface area contributed by atoms with Gasteiger partial charge in [-0.05, 0) is 18.9 Å². The van der Waals surface area contributed by atoms with Gasteiger partial charge in [0.25, 0.3) is 0 Å². The van der Waals surface area contributed by atoms with Crippen molar-refractivity contribution in [2.45, 2.75) is 19.8 Å². The number of rotatable bonds is 5. The molecular weight excluding hydrogens is 192 g/mol. The Morgan fingerprint density at radius 2 is 2.27 bits per heavy atom. The summed E-state index contributed by atoms with van der Waals surface area (Å²) in [6.45, 7) is 2.00. The van der Waals surface area contributed by atoms with Crippen LogP contribution in [0.2, 0.25) is 0 Å². The smallest absolute Gasteiger partial charge is 0.306 e. The summed E-state index contributed by atoms with van der Waals surface area (Å²) in [4.78, 5) is 11.1. The number of benzene rings is 1. The maximum Gasteiger partial charge on any atom is 0.306 e. The summed E-state index contributed by atoms with van der Waals surface area (Å²) in [5, 5.41) is 8.46. The number of esters is 1. The van der Waals surface area contributed by atoms with E-state index in [4.69, 9.17) is 9.84 Å². The molecule has 0 radical (unpaired) electrons. The normalized spacial score (nSPS) is 10.0. The van der Waals surface area contributed by atoms with Gasteiger partial charge in [0.1, 0.15) is 6.61 Å². The highest BCUT2D eigenvalue weighted by Crippen LogP contribution is 2.06. The Labute approximate surface area is 89.7 Å². The van der Waals surface area contributed by atoms with E-state index in [1.165, 1.54) is 5.56 Å². The highest BCUT2D eigenvalue weighted by Gasteiger charge is 2.02. The van der Waals surface area contributed by atoms with Gasteiger partial charge < -0.3 is 9.84 Å². The van der Waals surface area contributed by atoms with Crippen LogP contribution < -0.4 is 0 Å². The van der Waals surface area contributed by atoms with Crippen molar-refractivity contribution in [2.24, 2.45) is 0 Å².